The van der Waals surface area contributed by atoms with Gasteiger partial charge in [0, 0.05) is 49.0 Å². The van der Waals surface area contributed by atoms with Crippen LogP contribution in [0.3, 0.4) is 0 Å². The van der Waals surface area contributed by atoms with E-state index in [1.165, 1.54) is 6.07 Å². The van der Waals surface area contributed by atoms with Crippen molar-refractivity contribution in [2.45, 2.75) is 31.3 Å². The molecule has 3 N–H and O–H groups in total. The fourth-order valence-electron chi connectivity index (χ4n) is 4.17. The summed E-state index contributed by atoms with van der Waals surface area (Å²) in [7, 11) is 0. The van der Waals surface area contributed by atoms with Gasteiger partial charge in [-0.15, -0.1) is 8.78 Å². The molecule has 0 aliphatic carbocycles. The molecule has 3 aliphatic rings. The predicted octanol–water partition coefficient (Wildman–Crippen LogP) is 1.77. The standard InChI is InChI=1S/C17H19F2N5O2/c18-17(19)25-14-3-1-2-11(16(14)26-17)15-12-8-24(5-4-13(12)22-23-15)7-10-6-20-9-21-10/h1-3,6,9,12-13,15,22-23H,4-5,7-8H2,(H,20,21). The van der Waals surface area contributed by atoms with E-state index in [9.17, 15) is 8.78 Å². The summed E-state index contributed by atoms with van der Waals surface area (Å²) in [6, 6.07) is 5.21. The number of hydrogen-bond donors (Lipinski definition) is 3. The topological polar surface area (TPSA) is 74.4 Å². The van der Waals surface area contributed by atoms with Crippen molar-refractivity contribution in [3.8, 4) is 11.5 Å². The first kappa shape index (κ1) is 16.0. The number of aromatic amines is 1. The van der Waals surface area contributed by atoms with Crippen LogP contribution in [-0.2, 0) is 6.54 Å². The second-order valence-corrected chi connectivity index (χ2v) is 6.98. The summed E-state index contributed by atoms with van der Waals surface area (Å²) in [5.41, 5.74) is 8.35. The third kappa shape index (κ3) is 2.72. The molecule has 2 aromatic rings. The first-order valence-electron chi connectivity index (χ1n) is 8.68. The fraction of sp³-hybridized carbons (Fsp3) is 0.471. The van der Waals surface area contributed by atoms with Crippen molar-refractivity contribution in [1.82, 2.24) is 25.7 Å². The van der Waals surface area contributed by atoms with Crippen LogP contribution in [-0.4, -0.2) is 40.3 Å². The number of rotatable bonds is 3. The van der Waals surface area contributed by atoms with E-state index in [4.69, 9.17) is 4.74 Å². The number of hydrogen-bond acceptors (Lipinski definition) is 6. The van der Waals surface area contributed by atoms with Gasteiger partial charge in [0.2, 0.25) is 0 Å². The van der Waals surface area contributed by atoms with Gasteiger partial charge in [-0.25, -0.2) is 10.4 Å². The summed E-state index contributed by atoms with van der Waals surface area (Å²) < 4.78 is 36.4. The molecule has 2 fully saturated rings. The average Bonchev–Trinajstić information content (AvgIpc) is 3.31. The number of nitrogens with zero attached hydrogens (tertiary/aromatic N) is 2. The molecule has 0 radical (unpaired) electrons. The number of fused-ring (bicyclic) bond motifs is 2. The molecule has 0 amide bonds. The normalized spacial score (nSPS) is 29.7. The van der Waals surface area contributed by atoms with Crippen LogP contribution in [0, 0.1) is 5.92 Å². The first-order valence-corrected chi connectivity index (χ1v) is 8.68. The zero-order valence-corrected chi connectivity index (χ0v) is 13.9. The Morgan fingerprint density at radius 2 is 2.19 bits per heavy atom. The Kier molecular flexibility index (Phi) is 3.63. The van der Waals surface area contributed by atoms with Crippen LogP contribution in [0.1, 0.15) is 23.7 Å². The van der Waals surface area contributed by atoms with E-state index in [1.807, 2.05) is 12.3 Å². The molecule has 2 saturated heterocycles. The molecule has 1 aromatic carbocycles. The van der Waals surface area contributed by atoms with Crippen LogP contribution in [0.25, 0.3) is 0 Å². The number of aromatic nitrogens is 2. The number of piperidine rings is 1. The van der Waals surface area contributed by atoms with Gasteiger partial charge in [0.05, 0.1) is 12.4 Å². The van der Waals surface area contributed by atoms with Crippen molar-refractivity contribution in [2.24, 2.45) is 5.92 Å². The maximum absolute atomic E-state index is 13.5. The summed E-state index contributed by atoms with van der Waals surface area (Å²) in [5.74, 6) is 0.446. The highest BCUT2D eigenvalue weighted by atomic mass is 19.3. The molecular formula is C17H19F2N5O2. The minimum Gasteiger partial charge on any atom is -0.395 e. The maximum atomic E-state index is 13.5. The molecular weight excluding hydrogens is 344 g/mol. The minimum absolute atomic E-state index is 0.0860. The van der Waals surface area contributed by atoms with E-state index in [-0.39, 0.29) is 29.5 Å². The second-order valence-electron chi connectivity index (χ2n) is 6.98. The largest absolute Gasteiger partial charge is 0.586 e. The third-order valence-electron chi connectivity index (χ3n) is 5.34. The van der Waals surface area contributed by atoms with Gasteiger partial charge in [0.25, 0.3) is 0 Å². The van der Waals surface area contributed by atoms with E-state index in [0.717, 1.165) is 31.7 Å². The van der Waals surface area contributed by atoms with E-state index in [1.54, 1.807) is 12.4 Å². The number of para-hydroxylation sites is 1. The van der Waals surface area contributed by atoms with Gasteiger partial charge >= 0.3 is 6.29 Å². The van der Waals surface area contributed by atoms with Crippen LogP contribution in [0.5, 0.6) is 11.5 Å². The Morgan fingerprint density at radius 1 is 1.27 bits per heavy atom. The molecule has 9 heteroatoms. The number of halogens is 2. The van der Waals surface area contributed by atoms with E-state index in [2.05, 4.69) is 30.5 Å². The number of benzene rings is 1. The number of H-pyrrole nitrogens is 1. The van der Waals surface area contributed by atoms with Gasteiger partial charge in [-0.05, 0) is 12.5 Å². The fourth-order valence-corrected chi connectivity index (χ4v) is 4.17. The Labute approximate surface area is 148 Å². The van der Waals surface area contributed by atoms with Gasteiger partial charge in [0.1, 0.15) is 0 Å². The maximum Gasteiger partial charge on any atom is 0.586 e. The van der Waals surface area contributed by atoms with Crippen molar-refractivity contribution in [1.29, 1.82) is 0 Å². The molecule has 3 atom stereocenters. The molecule has 0 spiro atoms. The lowest BCUT2D eigenvalue weighted by atomic mass is 9.84. The number of likely N-dealkylation sites (tertiary alicyclic amines) is 1. The molecule has 0 saturated carbocycles. The molecule has 3 aliphatic heterocycles. The smallest absolute Gasteiger partial charge is 0.395 e. The van der Waals surface area contributed by atoms with Crippen LogP contribution < -0.4 is 20.3 Å². The molecule has 26 heavy (non-hydrogen) atoms. The number of nitrogens with one attached hydrogen (secondary N) is 3. The Bertz CT molecular complexity index is 800. The summed E-state index contributed by atoms with van der Waals surface area (Å²) in [5, 5.41) is 0. The molecule has 0 bridgehead atoms. The first-order chi connectivity index (χ1) is 12.6. The summed E-state index contributed by atoms with van der Waals surface area (Å²) in [4.78, 5) is 9.54. The second kappa shape index (κ2) is 5.90. The Balaban J connectivity index is 1.39. The highest BCUT2D eigenvalue weighted by molar-refractivity contribution is 5.50. The van der Waals surface area contributed by atoms with Gasteiger partial charge in [-0.3, -0.25) is 10.3 Å². The average molecular weight is 363 g/mol. The number of hydrazine groups is 1. The van der Waals surface area contributed by atoms with Gasteiger partial charge in [-0.1, -0.05) is 12.1 Å². The van der Waals surface area contributed by atoms with Crippen molar-refractivity contribution >= 4 is 0 Å². The zero-order valence-electron chi connectivity index (χ0n) is 13.9. The Hall–Kier alpha value is -2.23. The molecule has 5 rings (SSSR count). The highest BCUT2D eigenvalue weighted by Gasteiger charge is 2.48. The van der Waals surface area contributed by atoms with Crippen molar-refractivity contribution in [3.63, 3.8) is 0 Å². The van der Waals surface area contributed by atoms with Crippen molar-refractivity contribution < 1.29 is 18.3 Å². The van der Waals surface area contributed by atoms with Crippen LogP contribution >= 0.6 is 0 Å². The van der Waals surface area contributed by atoms with E-state index < -0.39 is 6.29 Å². The van der Waals surface area contributed by atoms with Gasteiger partial charge < -0.3 is 14.5 Å². The quantitative estimate of drug-likeness (QED) is 0.772. The lowest BCUT2D eigenvalue weighted by Crippen LogP contribution is -2.45. The lowest BCUT2D eigenvalue weighted by Gasteiger charge is -2.36. The van der Waals surface area contributed by atoms with Crippen LogP contribution in [0.4, 0.5) is 8.78 Å². The highest BCUT2D eigenvalue weighted by Crippen LogP contribution is 2.47. The molecule has 7 nitrogen and oxygen atoms in total. The van der Waals surface area contributed by atoms with Crippen LogP contribution in [0.15, 0.2) is 30.7 Å². The van der Waals surface area contributed by atoms with Crippen LogP contribution in [0.2, 0.25) is 0 Å². The third-order valence-corrected chi connectivity index (χ3v) is 5.34. The summed E-state index contributed by atoms with van der Waals surface area (Å²) >= 11 is 0. The number of alkyl halides is 2. The SMILES string of the molecule is FC1(F)Oc2cccc(C3NNC4CCN(Cc5cnc[nH]5)CC43)c2O1. The summed E-state index contributed by atoms with van der Waals surface area (Å²) in [6.07, 6.45) is 0.869. The Morgan fingerprint density at radius 3 is 3.04 bits per heavy atom. The van der Waals surface area contributed by atoms with Crippen molar-refractivity contribution in [2.75, 3.05) is 13.1 Å². The lowest BCUT2D eigenvalue weighted by molar-refractivity contribution is -0.287. The van der Waals surface area contributed by atoms with Crippen molar-refractivity contribution in [3.05, 3.63) is 42.0 Å². The monoisotopic (exact) mass is 363 g/mol. The number of imidazole rings is 1. The van der Waals surface area contributed by atoms with E-state index >= 15 is 0 Å². The summed E-state index contributed by atoms with van der Waals surface area (Å²) in [6.45, 7) is 2.60. The van der Waals surface area contributed by atoms with Gasteiger partial charge in [0.15, 0.2) is 11.5 Å². The number of ether oxygens (including phenoxy) is 2. The van der Waals surface area contributed by atoms with Gasteiger partial charge in [-0.2, -0.15) is 0 Å². The van der Waals surface area contributed by atoms with E-state index in [0.29, 0.717) is 5.56 Å². The zero-order chi connectivity index (χ0) is 17.7. The molecule has 3 unspecified atom stereocenters. The molecule has 138 valence electrons. The molecule has 1 aromatic heterocycles. The molecule has 4 heterocycles. The predicted molar refractivity (Wildman–Crippen MR) is 87.4 cm³/mol. The minimum atomic E-state index is -3.61.